The summed E-state index contributed by atoms with van der Waals surface area (Å²) in [6.45, 7) is 1.84. The van der Waals surface area contributed by atoms with E-state index in [0.717, 1.165) is 29.0 Å². The minimum absolute atomic E-state index is 0.0168. The molecule has 126 valence electrons. The SMILES string of the molecule is CC(Sc1nncn1C1CC1)/C(O)=C(\C#N)c1nc2ccccc2[nH]1. The van der Waals surface area contributed by atoms with Crippen LogP contribution in [0.15, 0.2) is 41.5 Å². The summed E-state index contributed by atoms with van der Waals surface area (Å²) < 4.78 is 2.03. The molecule has 1 saturated carbocycles. The molecule has 1 aliphatic carbocycles. The molecule has 2 aromatic heterocycles. The second-order valence-electron chi connectivity index (χ2n) is 5.99. The molecule has 3 aromatic rings. The number of allylic oxidation sites excluding steroid dienone is 1. The quantitative estimate of drug-likeness (QED) is 0.414. The molecular weight excluding hydrogens is 336 g/mol. The first-order valence-corrected chi connectivity index (χ1v) is 8.90. The van der Waals surface area contributed by atoms with Gasteiger partial charge in [0.15, 0.2) is 11.0 Å². The molecule has 25 heavy (non-hydrogen) atoms. The van der Waals surface area contributed by atoms with Gasteiger partial charge in [0.25, 0.3) is 0 Å². The normalized spacial score (nSPS) is 16.5. The van der Waals surface area contributed by atoms with Crippen molar-refractivity contribution in [3.8, 4) is 6.07 Å². The highest BCUT2D eigenvalue weighted by Crippen LogP contribution is 2.39. The van der Waals surface area contributed by atoms with E-state index >= 15 is 0 Å². The second-order valence-corrected chi connectivity index (χ2v) is 7.29. The number of hydrogen-bond donors (Lipinski definition) is 2. The molecule has 0 bridgehead atoms. The minimum Gasteiger partial charge on any atom is -0.510 e. The van der Waals surface area contributed by atoms with Crippen molar-refractivity contribution in [3.05, 3.63) is 42.2 Å². The molecule has 1 aliphatic rings. The fraction of sp³-hybridized carbons (Fsp3) is 0.294. The third kappa shape index (κ3) is 2.98. The number of aromatic nitrogens is 5. The zero-order valence-corrected chi connectivity index (χ0v) is 14.4. The largest absolute Gasteiger partial charge is 0.510 e. The van der Waals surface area contributed by atoms with Crippen LogP contribution in [0.3, 0.4) is 0 Å². The fourth-order valence-corrected chi connectivity index (χ4v) is 3.60. The number of aliphatic hydroxyl groups is 1. The average Bonchev–Trinajstić information content (AvgIpc) is 3.20. The Morgan fingerprint density at radius 2 is 2.24 bits per heavy atom. The van der Waals surface area contributed by atoms with Crippen LogP contribution in [0.2, 0.25) is 0 Å². The number of thioether (sulfide) groups is 1. The van der Waals surface area contributed by atoms with Crippen molar-refractivity contribution in [2.75, 3.05) is 0 Å². The van der Waals surface area contributed by atoms with E-state index in [-0.39, 0.29) is 16.6 Å². The molecule has 0 aliphatic heterocycles. The average molecular weight is 352 g/mol. The highest BCUT2D eigenvalue weighted by molar-refractivity contribution is 7.99. The maximum absolute atomic E-state index is 10.6. The summed E-state index contributed by atoms with van der Waals surface area (Å²) in [5.41, 5.74) is 1.73. The zero-order chi connectivity index (χ0) is 17.4. The molecular formula is C17H16N6OS. The smallest absolute Gasteiger partial charge is 0.191 e. The Hall–Kier alpha value is -2.79. The first-order valence-electron chi connectivity index (χ1n) is 8.02. The van der Waals surface area contributed by atoms with Gasteiger partial charge in [0.05, 0.1) is 16.3 Å². The summed E-state index contributed by atoms with van der Waals surface area (Å²) in [6, 6.07) is 10.0. The topological polar surface area (TPSA) is 103 Å². The number of aromatic amines is 1. The summed E-state index contributed by atoms with van der Waals surface area (Å²) in [5, 5.41) is 28.6. The number of aliphatic hydroxyl groups excluding tert-OH is 1. The molecule has 1 fully saturated rings. The van der Waals surface area contributed by atoms with Gasteiger partial charge < -0.3 is 14.7 Å². The molecule has 2 N–H and O–H groups in total. The van der Waals surface area contributed by atoms with Crippen LogP contribution in [-0.2, 0) is 0 Å². The van der Waals surface area contributed by atoms with E-state index in [1.54, 1.807) is 6.33 Å². The van der Waals surface area contributed by atoms with Gasteiger partial charge in [0, 0.05) is 6.04 Å². The van der Waals surface area contributed by atoms with Crippen molar-refractivity contribution < 1.29 is 5.11 Å². The van der Waals surface area contributed by atoms with E-state index in [4.69, 9.17) is 0 Å². The lowest BCUT2D eigenvalue weighted by Crippen LogP contribution is -2.07. The maximum Gasteiger partial charge on any atom is 0.191 e. The van der Waals surface area contributed by atoms with Gasteiger partial charge >= 0.3 is 0 Å². The highest BCUT2D eigenvalue weighted by atomic mass is 32.2. The Kier molecular flexibility index (Phi) is 3.93. The van der Waals surface area contributed by atoms with E-state index < -0.39 is 0 Å². The van der Waals surface area contributed by atoms with Gasteiger partial charge in [0.1, 0.15) is 23.7 Å². The maximum atomic E-state index is 10.6. The van der Waals surface area contributed by atoms with Crippen LogP contribution in [-0.4, -0.2) is 35.1 Å². The van der Waals surface area contributed by atoms with E-state index in [0.29, 0.717) is 11.9 Å². The van der Waals surface area contributed by atoms with E-state index in [1.165, 1.54) is 11.8 Å². The Balaban J connectivity index is 1.64. The van der Waals surface area contributed by atoms with Crippen LogP contribution in [0.5, 0.6) is 0 Å². The van der Waals surface area contributed by atoms with Crippen LogP contribution in [0, 0.1) is 11.3 Å². The van der Waals surface area contributed by atoms with E-state index in [2.05, 4.69) is 26.2 Å². The van der Waals surface area contributed by atoms with Crippen LogP contribution >= 0.6 is 11.8 Å². The van der Waals surface area contributed by atoms with Gasteiger partial charge in [-0.3, -0.25) is 0 Å². The van der Waals surface area contributed by atoms with Gasteiger partial charge in [-0.15, -0.1) is 10.2 Å². The van der Waals surface area contributed by atoms with Crippen LogP contribution < -0.4 is 0 Å². The number of H-pyrrole nitrogens is 1. The predicted molar refractivity (Wildman–Crippen MR) is 94.9 cm³/mol. The van der Waals surface area contributed by atoms with Crippen molar-refractivity contribution in [2.24, 2.45) is 0 Å². The van der Waals surface area contributed by atoms with Crippen molar-refractivity contribution in [2.45, 2.75) is 36.2 Å². The van der Waals surface area contributed by atoms with Crippen molar-refractivity contribution in [1.29, 1.82) is 5.26 Å². The fourth-order valence-electron chi connectivity index (χ4n) is 2.64. The lowest BCUT2D eigenvalue weighted by Gasteiger charge is -2.12. The lowest BCUT2D eigenvalue weighted by atomic mass is 10.2. The molecule has 0 amide bonds. The number of para-hydroxylation sites is 2. The molecule has 8 heteroatoms. The van der Waals surface area contributed by atoms with Crippen LogP contribution in [0.1, 0.15) is 31.6 Å². The summed E-state index contributed by atoms with van der Waals surface area (Å²) >= 11 is 1.39. The van der Waals surface area contributed by atoms with Gasteiger partial charge in [0.2, 0.25) is 0 Å². The molecule has 4 rings (SSSR count). The summed E-state index contributed by atoms with van der Waals surface area (Å²) in [7, 11) is 0. The third-order valence-corrected chi connectivity index (χ3v) is 5.22. The van der Waals surface area contributed by atoms with Crippen molar-refractivity contribution >= 4 is 28.4 Å². The van der Waals surface area contributed by atoms with Gasteiger partial charge in [-0.25, -0.2) is 4.98 Å². The number of nitriles is 1. The molecule has 0 saturated heterocycles. The summed E-state index contributed by atoms with van der Waals surface area (Å²) in [6.07, 6.45) is 3.98. The Morgan fingerprint density at radius 3 is 2.96 bits per heavy atom. The Bertz CT molecular complexity index is 961. The van der Waals surface area contributed by atoms with Crippen LogP contribution in [0.4, 0.5) is 0 Å². The molecule has 7 nitrogen and oxygen atoms in total. The van der Waals surface area contributed by atoms with Gasteiger partial charge in [-0.1, -0.05) is 23.9 Å². The number of benzene rings is 1. The summed E-state index contributed by atoms with van der Waals surface area (Å²) in [4.78, 5) is 7.49. The molecule has 0 spiro atoms. The molecule has 2 heterocycles. The standard InChI is InChI=1S/C17H16N6OS/c1-10(25-17-22-19-9-23(17)11-6-7-11)15(24)12(8-18)16-20-13-4-2-3-5-14(13)21-16/h2-5,9-11,24H,6-7H2,1H3,(H,20,21)/b15-12-. The molecule has 0 radical (unpaired) electrons. The highest BCUT2D eigenvalue weighted by Gasteiger charge is 2.28. The lowest BCUT2D eigenvalue weighted by molar-refractivity contribution is 0.401. The number of nitrogens with one attached hydrogen (secondary N) is 1. The number of nitrogens with zero attached hydrogens (tertiary/aromatic N) is 5. The van der Waals surface area contributed by atoms with Crippen molar-refractivity contribution in [1.82, 2.24) is 24.7 Å². The van der Waals surface area contributed by atoms with Gasteiger partial charge in [-0.05, 0) is 31.9 Å². The van der Waals surface area contributed by atoms with Gasteiger partial charge in [-0.2, -0.15) is 5.26 Å². The zero-order valence-electron chi connectivity index (χ0n) is 13.5. The number of imidazole rings is 1. The minimum atomic E-state index is -0.343. The Labute approximate surface area is 148 Å². The first kappa shape index (κ1) is 15.7. The second kappa shape index (κ2) is 6.26. The summed E-state index contributed by atoms with van der Waals surface area (Å²) in [5.74, 6) is 0.356. The van der Waals surface area contributed by atoms with Crippen LogP contribution in [0.25, 0.3) is 16.6 Å². The first-order chi connectivity index (χ1) is 12.2. The number of rotatable bonds is 5. The predicted octanol–water partition coefficient (Wildman–Crippen LogP) is 3.46. The third-order valence-electron chi connectivity index (χ3n) is 4.14. The van der Waals surface area contributed by atoms with Crippen molar-refractivity contribution in [3.63, 3.8) is 0 Å². The van der Waals surface area contributed by atoms with E-state index in [1.807, 2.05) is 35.8 Å². The molecule has 1 unspecified atom stereocenters. The molecule has 1 atom stereocenters. The number of hydrogen-bond acceptors (Lipinski definition) is 6. The molecule has 1 aromatic carbocycles. The monoisotopic (exact) mass is 352 g/mol. The Morgan fingerprint density at radius 1 is 1.44 bits per heavy atom. The van der Waals surface area contributed by atoms with E-state index in [9.17, 15) is 10.4 Å². The number of fused-ring (bicyclic) bond motifs is 1.